The van der Waals surface area contributed by atoms with Crippen LogP contribution in [0.25, 0.3) is 0 Å². The lowest BCUT2D eigenvalue weighted by Crippen LogP contribution is -2.18. The van der Waals surface area contributed by atoms with E-state index in [1.54, 1.807) is 31.4 Å². The number of hydrogen-bond donors (Lipinski definition) is 1. The average Bonchev–Trinajstić information content (AvgIpc) is 2.50. The summed E-state index contributed by atoms with van der Waals surface area (Å²) in [6, 6.07) is 12.1. The predicted molar refractivity (Wildman–Crippen MR) is 81.5 cm³/mol. The highest BCUT2D eigenvalue weighted by molar-refractivity contribution is 6.30. The van der Waals surface area contributed by atoms with Gasteiger partial charge in [0.25, 0.3) is 0 Å². The Labute approximate surface area is 128 Å². The Morgan fingerprint density at radius 2 is 1.90 bits per heavy atom. The lowest BCUT2D eigenvalue weighted by molar-refractivity contribution is 0.199. The molecule has 21 heavy (non-hydrogen) atoms. The predicted octanol–water partition coefficient (Wildman–Crippen LogP) is 4.01. The van der Waals surface area contributed by atoms with Crippen LogP contribution in [0.2, 0.25) is 5.02 Å². The fourth-order valence-electron chi connectivity index (χ4n) is 1.77. The molecule has 2 aromatic rings. The van der Waals surface area contributed by atoms with Crippen LogP contribution >= 0.6 is 11.6 Å². The molecule has 0 bridgehead atoms. The minimum absolute atomic E-state index is 0.0477. The van der Waals surface area contributed by atoms with Crippen molar-refractivity contribution in [3.05, 3.63) is 58.9 Å². The summed E-state index contributed by atoms with van der Waals surface area (Å²) in [5, 5.41) is 3.29. The zero-order chi connectivity index (χ0) is 15.1. The van der Waals surface area contributed by atoms with Gasteiger partial charge in [-0.3, -0.25) is 0 Å². The molecule has 0 fully saturated rings. The van der Waals surface area contributed by atoms with E-state index >= 15 is 0 Å². The first-order valence-electron chi connectivity index (χ1n) is 6.61. The lowest BCUT2D eigenvalue weighted by Gasteiger charge is -2.09. The highest BCUT2D eigenvalue weighted by Gasteiger charge is 2.08. The maximum atomic E-state index is 13.7. The van der Waals surface area contributed by atoms with E-state index in [4.69, 9.17) is 21.1 Å². The molecule has 0 aliphatic carbocycles. The summed E-state index contributed by atoms with van der Waals surface area (Å²) in [5.41, 5.74) is 1.12. The van der Waals surface area contributed by atoms with Crippen molar-refractivity contribution in [1.29, 1.82) is 0 Å². The summed E-state index contributed by atoms with van der Waals surface area (Å²) < 4.78 is 24.2. The van der Waals surface area contributed by atoms with Crippen LogP contribution in [0.15, 0.2) is 42.5 Å². The minimum Gasteiger partial charge on any atom is -0.454 e. The zero-order valence-electron chi connectivity index (χ0n) is 11.7. The summed E-state index contributed by atoms with van der Waals surface area (Å²) in [5.74, 6) is 0.134. The van der Waals surface area contributed by atoms with Gasteiger partial charge in [-0.1, -0.05) is 29.8 Å². The molecular weight excluding hydrogens is 293 g/mol. The summed E-state index contributed by atoms with van der Waals surface area (Å²) in [4.78, 5) is 0. The number of hydrogen-bond acceptors (Lipinski definition) is 3. The van der Waals surface area contributed by atoms with Gasteiger partial charge in [0.05, 0.1) is 11.6 Å². The van der Waals surface area contributed by atoms with Gasteiger partial charge in [-0.15, -0.1) is 0 Å². The number of ether oxygens (including phenoxy) is 2. The number of benzene rings is 2. The quantitative estimate of drug-likeness (QED) is 0.784. The first kappa shape index (κ1) is 15.8. The van der Waals surface area contributed by atoms with Gasteiger partial charge in [0.1, 0.15) is 5.75 Å². The van der Waals surface area contributed by atoms with Crippen molar-refractivity contribution in [2.45, 2.75) is 6.54 Å². The van der Waals surface area contributed by atoms with E-state index in [0.29, 0.717) is 12.4 Å². The molecule has 0 spiro atoms. The largest absolute Gasteiger partial charge is 0.454 e. The summed E-state index contributed by atoms with van der Waals surface area (Å²) in [6.07, 6.45) is 0. The third kappa shape index (κ3) is 4.70. The molecule has 0 aliphatic rings. The first-order valence-corrected chi connectivity index (χ1v) is 6.99. The topological polar surface area (TPSA) is 30.5 Å². The van der Waals surface area contributed by atoms with E-state index in [1.807, 2.05) is 12.1 Å². The maximum Gasteiger partial charge on any atom is 0.184 e. The van der Waals surface area contributed by atoms with Crippen molar-refractivity contribution in [2.75, 3.05) is 20.3 Å². The van der Waals surface area contributed by atoms with Crippen LogP contribution in [0.3, 0.4) is 0 Å². The van der Waals surface area contributed by atoms with E-state index in [0.717, 1.165) is 18.7 Å². The van der Waals surface area contributed by atoms with Crippen molar-refractivity contribution >= 4 is 11.6 Å². The third-order valence-corrected chi connectivity index (χ3v) is 3.17. The molecule has 2 aromatic carbocycles. The molecule has 5 heteroatoms. The number of halogens is 2. The van der Waals surface area contributed by atoms with Crippen molar-refractivity contribution < 1.29 is 13.9 Å². The van der Waals surface area contributed by atoms with E-state index in [1.165, 1.54) is 6.07 Å². The van der Waals surface area contributed by atoms with Crippen molar-refractivity contribution in [1.82, 2.24) is 5.32 Å². The molecule has 0 atom stereocenters. The van der Waals surface area contributed by atoms with Crippen LogP contribution in [0.4, 0.5) is 4.39 Å². The monoisotopic (exact) mass is 309 g/mol. The molecule has 0 saturated heterocycles. The van der Waals surface area contributed by atoms with Gasteiger partial charge in [-0.25, -0.2) is 4.39 Å². The Morgan fingerprint density at radius 1 is 1.14 bits per heavy atom. The minimum atomic E-state index is -0.551. The number of nitrogens with one attached hydrogen (secondary N) is 1. The van der Waals surface area contributed by atoms with Gasteiger partial charge < -0.3 is 14.8 Å². The lowest BCUT2D eigenvalue weighted by atomic mass is 10.2. The van der Waals surface area contributed by atoms with Crippen molar-refractivity contribution in [3.63, 3.8) is 0 Å². The van der Waals surface area contributed by atoms with Gasteiger partial charge in [-0.2, -0.15) is 0 Å². The van der Waals surface area contributed by atoms with Crippen LogP contribution < -0.4 is 10.1 Å². The number of methoxy groups -OCH3 is 1. The Hall–Kier alpha value is -1.62. The van der Waals surface area contributed by atoms with E-state index in [9.17, 15) is 4.39 Å². The highest BCUT2D eigenvalue weighted by Crippen LogP contribution is 2.28. The van der Waals surface area contributed by atoms with Gasteiger partial charge >= 0.3 is 0 Å². The van der Waals surface area contributed by atoms with E-state index < -0.39 is 5.82 Å². The Morgan fingerprint density at radius 3 is 2.62 bits per heavy atom. The summed E-state index contributed by atoms with van der Waals surface area (Å²) >= 11 is 5.71. The van der Waals surface area contributed by atoms with Gasteiger partial charge in [-0.05, 0) is 29.8 Å². The fraction of sp³-hybridized carbons (Fsp3) is 0.250. The maximum absolute atomic E-state index is 13.7. The SMILES string of the molecule is COCCNCc1ccc(Oc2cccc(Cl)c2F)cc1. The Bertz CT molecular complexity index is 575. The normalized spacial score (nSPS) is 10.6. The second-order valence-electron chi connectivity index (χ2n) is 4.47. The molecule has 3 nitrogen and oxygen atoms in total. The summed E-state index contributed by atoms with van der Waals surface area (Å²) in [6.45, 7) is 2.22. The molecule has 112 valence electrons. The van der Waals surface area contributed by atoms with Gasteiger partial charge in [0, 0.05) is 20.2 Å². The fourth-order valence-corrected chi connectivity index (χ4v) is 1.94. The third-order valence-electron chi connectivity index (χ3n) is 2.88. The average molecular weight is 310 g/mol. The molecule has 0 radical (unpaired) electrons. The standard InChI is InChI=1S/C16H17ClFNO2/c1-20-10-9-19-11-12-5-7-13(8-6-12)21-15-4-2-3-14(17)16(15)18/h2-8,19H,9-11H2,1H3. The molecule has 0 saturated carbocycles. The van der Waals surface area contributed by atoms with Crippen LogP contribution in [-0.2, 0) is 11.3 Å². The zero-order valence-corrected chi connectivity index (χ0v) is 12.5. The highest BCUT2D eigenvalue weighted by atomic mass is 35.5. The van der Waals surface area contributed by atoms with E-state index in [2.05, 4.69) is 5.32 Å². The molecule has 0 aromatic heterocycles. The molecule has 0 amide bonds. The second kappa shape index (κ2) is 7.98. The van der Waals surface area contributed by atoms with Crippen LogP contribution in [0, 0.1) is 5.82 Å². The van der Waals surface area contributed by atoms with E-state index in [-0.39, 0.29) is 10.8 Å². The number of rotatable bonds is 7. The van der Waals surface area contributed by atoms with Crippen LogP contribution in [0.1, 0.15) is 5.56 Å². The molecule has 0 heterocycles. The van der Waals surface area contributed by atoms with Crippen LogP contribution in [-0.4, -0.2) is 20.3 Å². The van der Waals surface area contributed by atoms with Crippen LogP contribution in [0.5, 0.6) is 11.5 Å². The molecule has 0 aliphatic heterocycles. The summed E-state index contributed by atoms with van der Waals surface area (Å²) in [7, 11) is 1.67. The van der Waals surface area contributed by atoms with Gasteiger partial charge in [0.15, 0.2) is 11.6 Å². The second-order valence-corrected chi connectivity index (χ2v) is 4.87. The van der Waals surface area contributed by atoms with Crippen molar-refractivity contribution in [2.24, 2.45) is 0 Å². The molecule has 0 unspecified atom stereocenters. The molecule has 2 rings (SSSR count). The molecule has 1 N–H and O–H groups in total. The first-order chi connectivity index (χ1) is 10.2. The smallest absolute Gasteiger partial charge is 0.184 e. The Balaban J connectivity index is 1.94. The van der Waals surface area contributed by atoms with Crippen molar-refractivity contribution in [3.8, 4) is 11.5 Å². The van der Waals surface area contributed by atoms with Gasteiger partial charge in [0.2, 0.25) is 0 Å². The molecular formula is C16H17ClFNO2. The Kier molecular flexibility index (Phi) is 5.99.